The largest absolute Gasteiger partial charge is 0.455 e. The van der Waals surface area contributed by atoms with E-state index in [0.29, 0.717) is 0 Å². The van der Waals surface area contributed by atoms with Gasteiger partial charge in [0.1, 0.15) is 22.3 Å². The molecule has 2 aromatic heterocycles. The van der Waals surface area contributed by atoms with Gasteiger partial charge in [-0.25, -0.2) is 0 Å². The van der Waals surface area contributed by atoms with Crippen LogP contribution in [0.15, 0.2) is 179 Å². The second-order valence-corrected chi connectivity index (χ2v) is 13.2. The summed E-state index contributed by atoms with van der Waals surface area (Å²) in [6.07, 6.45) is 0. The summed E-state index contributed by atoms with van der Waals surface area (Å²) in [5.74, 6) is 0. The second-order valence-electron chi connectivity index (χ2n) is 13.2. The van der Waals surface area contributed by atoms with Crippen molar-refractivity contribution in [1.82, 2.24) is 0 Å². The zero-order valence-electron chi connectivity index (χ0n) is 27.0. The highest BCUT2D eigenvalue weighted by Gasteiger charge is 2.19. The summed E-state index contributed by atoms with van der Waals surface area (Å²) in [5.41, 5.74) is 10.8. The maximum absolute atomic E-state index is 6.58. The molecule has 0 atom stereocenters. The number of furan rings is 2. The first-order chi connectivity index (χ1) is 24.8. The summed E-state index contributed by atoms with van der Waals surface area (Å²) >= 11 is 0. The van der Waals surface area contributed by atoms with Gasteiger partial charge in [0.2, 0.25) is 0 Å². The van der Waals surface area contributed by atoms with Gasteiger partial charge in [-0.1, -0.05) is 140 Å². The van der Waals surface area contributed by atoms with Crippen LogP contribution < -0.4 is 0 Å². The molecule has 0 spiro atoms. The van der Waals surface area contributed by atoms with Gasteiger partial charge in [0.15, 0.2) is 0 Å². The van der Waals surface area contributed by atoms with Crippen LogP contribution in [0.1, 0.15) is 0 Å². The van der Waals surface area contributed by atoms with E-state index >= 15 is 0 Å². The molecule has 232 valence electrons. The lowest BCUT2D eigenvalue weighted by Gasteiger charge is -2.18. The maximum Gasteiger partial charge on any atom is 0.147 e. The lowest BCUT2D eigenvalue weighted by Crippen LogP contribution is -1.90. The first-order valence-corrected chi connectivity index (χ1v) is 17.1. The van der Waals surface area contributed by atoms with E-state index in [4.69, 9.17) is 8.83 Å². The molecule has 0 saturated carbocycles. The highest BCUT2D eigenvalue weighted by Crippen LogP contribution is 2.45. The van der Waals surface area contributed by atoms with Crippen molar-refractivity contribution in [2.75, 3.05) is 0 Å². The molecule has 0 saturated heterocycles. The summed E-state index contributed by atoms with van der Waals surface area (Å²) in [6.45, 7) is 0. The Balaban J connectivity index is 1.05. The predicted octanol–water partition coefficient (Wildman–Crippen LogP) is 13.9. The fourth-order valence-corrected chi connectivity index (χ4v) is 8.19. The molecule has 0 fully saturated rings. The molecular formula is C48H28O2. The Morgan fingerprint density at radius 2 is 0.800 bits per heavy atom. The number of rotatable bonds is 3. The molecule has 2 heterocycles. The third kappa shape index (κ3) is 3.90. The zero-order chi connectivity index (χ0) is 32.8. The Morgan fingerprint density at radius 3 is 1.50 bits per heavy atom. The third-order valence-electron chi connectivity index (χ3n) is 10.5. The lowest BCUT2D eigenvalue weighted by atomic mass is 9.86. The van der Waals surface area contributed by atoms with E-state index in [9.17, 15) is 0 Å². The zero-order valence-corrected chi connectivity index (χ0v) is 27.0. The van der Waals surface area contributed by atoms with Crippen molar-refractivity contribution in [1.29, 1.82) is 0 Å². The first kappa shape index (κ1) is 27.3. The van der Waals surface area contributed by atoms with E-state index < -0.39 is 0 Å². The fraction of sp³-hybridized carbons (Fsp3) is 0. The lowest BCUT2D eigenvalue weighted by molar-refractivity contribution is 0.665. The molecule has 0 aliphatic rings. The molecule has 0 aliphatic heterocycles. The van der Waals surface area contributed by atoms with Crippen LogP contribution in [-0.2, 0) is 0 Å². The van der Waals surface area contributed by atoms with E-state index in [0.717, 1.165) is 54.8 Å². The van der Waals surface area contributed by atoms with Crippen LogP contribution in [0.5, 0.6) is 0 Å². The van der Waals surface area contributed by atoms with Crippen LogP contribution in [0.2, 0.25) is 0 Å². The van der Waals surface area contributed by atoms with Crippen molar-refractivity contribution < 1.29 is 8.83 Å². The molecule has 0 bridgehead atoms. The van der Waals surface area contributed by atoms with Gasteiger partial charge in [0.25, 0.3) is 0 Å². The highest BCUT2D eigenvalue weighted by molar-refractivity contribution is 6.25. The summed E-state index contributed by atoms with van der Waals surface area (Å²) in [5, 5.41) is 11.6. The van der Waals surface area contributed by atoms with Crippen molar-refractivity contribution in [3.8, 4) is 33.4 Å². The predicted molar refractivity (Wildman–Crippen MR) is 210 cm³/mol. The van der Waals surface area contributed by atoms with E-state index in [1.165, 1.54) is 54.7 Å². The van der Waals surface area contributed by atoms with Gasteiger partial charge < -0.3 is 8.83 Å². The van der Waals surface area contributed by atoms with Crippen molar-refractivity contribution >= 4 is 76.2 Å². The van der Waals surface area contributed by atoms with Crippen molar-refractivity contribution in [3.63, 3.8) is 0 Å². The van der Waals surface area contributed by atoms with Crippen molar-refractivity contribution in [2.24, 2.45) is 0 Å². The molecule has 11 aromatic rings. The Labute approximate surface area is 287 Å². The van der Waals surface area contributed by atoms with E-state index in [1.54, 1.807) is 0 Å². The molecule has 0 unspecified atom stereocenters. The molecular weight excluding hydrogens is 609 g/mol. The van der Waals surface area contributed by atoms with Gasteiger partial charge in [0.05, 0.1) is 5.39 Å². The summed E-state index contributed by atoms with van der Waals surface area (Å²) in [4.78, 5) is 0. The van der Waals surface area contributed by atoms with Gasteiger partial charge in [-0.05, 0) is 90.6 Å². The molecule has 11 rings (SSSR count). The van der Waals surface area contributed by atoms with E-state index in [1.807, 2.05) is 0 Å². The Kier molecular flexibility index (Phi) is 5.70. The van der Waals surface area contributed by atoms with Gasteiger partial charge in [0, 0.05) is 21.5 Å². The van der Waals surface area contributed by atoms with Gasteiger partial charge in [-0.2, -0.15) is 0 Å². The highest BCUT2D eigenvalue weighted by atomic mass is 16.3. The number of benzene rings is 9. The van der Waals surface area contributed by atoms with Crippen LogP contribution in [0.3, 0.4) is 0 Å². The average Bonchev–Trinajstić information content (AvgIpc) is 3.76. The van der Waals surface area contributed by atoms with Crippen molar-refractivity contribution in [3.05, 3.63) is 170 Å². The third-order valence-corrected chi connectivity index (χ3v) is 10.5. The van der Waals surface area contributed by atoms with Crippen molar-refractivity contribution in [2.45, 2.75) is 0 Å². The van der Waals surface area contributed by atoms with Crippen LogP contribution in [0.4, 0.5) is 0 Å². The molecule has 0 amide bonds. The standard InChI is InChI=1S/C48H28O2/c1-2-11-31(12-3-1)44-35-14-6-8-16-37(35)45(38-17-9-7-15-36(38)44)32-20-18-29(19-21-32)33-23-26-42-41(28-33)39-25-27-43-46(48(39)49-42)40-24-22-30-10-4-5-13-34(30)47(40)50-43/h1-28H. The Hall–Kier alpha value is -6.64. The van der Waals surface area contributed by atoms with Crippen LogP contribution >= 0.6 is 0 Å². The molecule has 0 aliphatic carbocycles. The number of fused-ring (bicyclic) bond motifs is 11. The summed E-state index contributed by atoms with van der Waals surface area (Å²) < 4.78 is 13.0. The van der Waals surface area contributed by atoms with Crippen LogP contribution in [-0.4, -0.2) is 0 Å². The second kappa shape index (κ2) is 10.4. The van der Waals surface area contributed by atoms with Gasteiger partial charge in [-0.15, -0.1) is 0 Å². The van der Waals surface area contributed by atoms with Crippen LogP contribution in [0.25, 0.3) is 110 Å². The minimum absolute atomic E-state index is 0.843. The molecule has 9 aromatic carbocycles. The summed E-state index contributed by atoms with van der Waals surface area (Å²) in [7, 11) is 0. The van der Waals surface area contributed by atoms with E-state index in [-0.39, 0.29) is 0 Å². The monoisotopic (exact) mass is 636 g/mol. The molecule has 2 nitrogen and oxygen atoms in total. The number of hydrogen-bond acceptors (Lipinski definition) is 2. The quantitative estimate of drug-likeness (QED) is 0.180. The molecule has 50 heavy (non-hydrogen) atoms. The molecule has 0 radical (unpaired) electrons. The Morgan fingerprint density at radius 1 is 0.280 bits per heavy atom. The minimum atomic E-state index is 0.843. The van der Waals surface area contributed by atoms with Crippen LogP contribution in [0, 0.1) is 0 Å². The van der Waals surface area contributed by atoms with Gasteiger partial charge >= 0.3 is 0 Å². The maximum atomic E-state index is 6.58. The number of hydrogen-bond donors (Lipinski definition) is 0. The normalized spacial score (nSPS) is 12.0. The summed E-state index contributed by atoms with van der Waals surface area (Å²) in [6, 6.07) is 60.9. The smallest absolute Gasteiger partial charge is 0.147 e. The minimum Gasteiger partial charge on any atom is -0.455 e. The molecule has 2 heteroatoms. The van der Waals surface area contributed by atoms with E-state index in [2.05, 4.69) is 170 Å². The Bertz CT molecular complexity index is 3070. The molecule has 0 N–H and O–H groups in total. The topological polar surface area (TPSA) is 26.3 Å². The fourth-order valence-electron chi connectivity index (χ4n) is 8.19. The van der Waals surface area contributed by atoms with Gasteiger partial charge in [-0.3, -0.25) is 0 Å². The average molecular weight is 637 g/mol. The first-order valence-electron chi connectivity index (χ1n) is 17.1. The SMILES string of the molecule is c1ccc(-c2c3ccccc3c(-c3ccc(-c4ccc5oc6c(ccc7oc8c9ccccc9ccc8c76)c5c4)cc3)c3ccccc23)cc1.